The van der Waals surface area contributed by atoms with Crippen molar-refractivity contribution in [2.45, 2.75) is 38.8 Å². The molecule has 1 heterocycles. The Bertz CT molecular complexity index is 519. The standard InChI is InChI=1S/C15H22N4O/c1-12(11-15(2,3)20-4)18-13-5-7-14(8-6-13)19-16-9-10-17-19/h5-10,12,18H,11H2,1-4H3. The Morgan fingerprint density at radius 3 is 2.35 bits per heavy atom. The molecule has 0 fully saturated rings. The third-order valence-electron chi connectivity index (χ3n) is 3.28. The van der Waals surface area contributed by atoms with Crippen LogP contribution in [0.4, 0.5) is 5.69 Å². The van der Waals surface area contributed by atoms with E-state index in [0.29, 0.717) is 6.04 Å². The van der Waals surface area contributed by atoms with Crippen molar-refractivity contribution >= 4 is 5.69 Å². The molecule has 0 saturated heterocycles. The van der Waals surface area contributed by atoms with Gasteiger partial charge in [0, 0.05) is 18.8 Å². The number of rotatable bonds is 6. The Kier molecular flexibility index (Phi) is 4.39. The summed E-state index contributed by atoms with van der Waals surface area (Å²) in [5.74, 6) is 0. The van der Waals surface area contributed by atoms with Crippen molar-refractivity contribution in [1.29, 1.82) is 0 Å². The molecule has 0 aliphatic rings. The number of hydrogen-bond acceptors (Lipinski definition) is 4. The second kappa shape index (κ2) is 6.05. The average molecular weight is 274 g/mol. The number of anilines is 1. The quantitative estimate of drug-likeness (QED) is 0.880. The summed E-state index contributed by atoms with van der Waals surface area (Å²) in [5, 5.41) is 11.7. The normalized spacial score (nSPS) is 13.2. The lowest BCUT2D eigenvalue weighted by Gasteiger charge is -2.27. The SMILES string of the molecule is COC(C)(C)CC(C)Nc1ccc(-n2nccn2)cc1. The van der Waals surface area contributed by atoms with E-state index in [4.69, 9.17) is 4.74 Å². The number of nitrogens with one attached hydrogen (secondary N) is 1. The lowest BCUT2D eigenvalue weighted by Crippen LogP contribution is -2.31. The maximum Gasteiger partial charge on any atom is 0.0858 e. The fourth-order valence-electron chi connectivity index (χ4n) is 2.20. The van der Waals surface area contributed by atoms with Crippen molar-refractivity contribution < 1.29 is 4.74 Å². The van der Waals surface area contributed by atoms with E-state index in [1.807, 2.05) is 24.3 Å². The molecule has 5 nitrogen and oxygen atoms in total. The monoisotopic (exact) mass is 274 g/mol. The fraction of sp³-hybridized carbons (Fsp3) is 0.467. The molecular formula is C15H22N4O. The lowest BCUT2D eigenvalue weighted by atomic mass is 10.00. The first kappa shape index (κ1) is 14.5. The zero-order valence-electron chi connectivity index (χ0n) is 12.5. The van der Waals surface area contributed by atoms with Gasteiger partial charge in [-0.3, -0.25) is 0 Å². The first-order valence-corrected chi connectivity index (χ1v) is 6.78. The molecule has 0 saturated carbocycles. The molecule has 0 bridgehead atoms. The minimum absolute atomic E-state index is 0.120. The van der Waals surface area contributed by atoms with Crippen molar-refractivity contribution in [3.05, 3.63) is 36.7 Å². The van der Waals surface area contributed by atoms with Gasteiger partial charge in [-0.25, -0.2) is 0 Å². The van der Waals surface area contributed by atoms with Crippen molar-refractivity contribution in [3.63, 3.8) is 0 Å². The molecule has 0 aliphatic carbocycles. The summed E-state index contributed by atoms with van der Waals surface area (Å²) in [6.45, 7) is 6.35. The summed E-state index contributed by atoms with van der Waals surface area (Å²) in [5.41, 5.74) is 1.91. The molecule has 1 aromatic heterocycles. The number of aromatic nitrogens is 3. The third-order valence-corrected chi connectivity index (χ3v) is 3.28. The van der Waals surface area contributed by atoms with Crippen LogP contribution in [0.1, 0.15) is 27.2 Å². The Morgan fingerprint density at radius 1 is 1.20 bits per heavy atom. The van der Waals surface area contributed by atoms with Gasteiger partial charge in [-0.1, -0.05) is 0 Å². The summed E-state index contributed by atoms with van der Waals surface area (Å²) < 4.78 is 5.45. The molecule has 1 aromatic carbocycles. The fourth-order valence-corrected chi connectivity index (χ4v) is 2.20. The molecule has 1 atom stereocenters. The predicted molar refractivity (Wildman–Crippen MR) is 80.1 cm³/mol. The van der Waals surface area contributed by atoms with Crippen LogP contribution in [0.2, 0.25) is 0 Å². The molecular weight excluding hydrogens is 252 g/mol. The second-order valence-electron chi connectivity index (χ2n) is 5.58. The second-order valence-corrected chi connectivity index (χ2v) is 5.58. The van der Waals surface area contributed by atoms with Gasteiger partial charge >= 0.3 is 0 Å². The highest BCUT2D eigenvalue weighted by Crippen LogP contribution is 2.19. The van der Waals surface area contributed by atoms with Gasteiger partial charge in [0.25, 0.3) is 0 Å². The van der Waals surface area contributed by atoms with Crippen LogP contribution in [0.25, 0.3) is 5.69 Å². The summed E-state index contributed by atoms with van der Waals surface area (Å²) in [4.78, 5) is 1.60. The average Bonchev–Trinajstić information content (AvgIpc) is 2.93. The molecule has 0 amide bonds. The van der Waals surface area contributed by atoms with Crippen LogP contribution in [0.15, 0.2) is 36.7 Å². The third kappa shape index (κ3) is 3.81. The first-order valence-electron chi connectivity index (χ1n) is 6.78. The van der Waals surface area contributed by atoms with E-state index in [1.165, 1.54) is 0 Å². The van der Waals surface area contributed by atoms with Crippen molar-refractivity contribution in [1.82, 2.24) is 15.0 Å². The number of ether oxygens (including phenoxy) is 1. The maximum atomic E-state index is 5.45. The van der Waals surface area contributed by atoms with E-state index in [9.17, 15) is 0 Å². The minimum Gasteiger partial charge on any atom is -0.382 e. The number of nitrogens with zero attached hydrogens (tertiary/aromatic N) is 3. The molecule has 0 radical (unpaired) electrons. The van der Waals surface area contributed by atoms with Crippen LogP contribution in [0, 0.1) is 0 Å². The lowest BCUT2D eigenvalue weighted by molar-refractivity contribution is 0.0128. The highest BCUT2D eigenvalue weighted by molar-refractivity contribution is 5.48. The molecule has 20 heavy (non-hydrogen) atoms. The molecule has 0 aliphatic heterocycles. The van der Waals surface area contributed by atoms with E-state index >= 15 is 0 Å². The smallest absolute Gasteiger partial charge is 0.0858 e. The van der Waals surface area contributed by atoms with Gasteiger partial charge in [0.15, 0.2) is 0 Å². The zero-order chi connectivity index (χ0) is 14.6. The van der Waals surface area contributed by atoms with Crippen molar-refractivity contribution in [3.8, 4) is 5.69 Å². The molecule has 108 valence electrons. The largest absolute Gasteiger partial charge is 0.382 e. The minimum atomic E-state index is -0.120. The Labute approximate surface area is 120 Å². The van der Waals surface area contributed by atoms with E-state index in [1.54, 1.807) is 24.3 Å². The molecule has 1 N–H and O–H groups in total. The Morgan fingerprint density at radius 2 is 1.80 bits per heavy atom. The highest BCUT2D eigenvalue weighted by Gasteiger charge is 2.19. The van der Waals surface area contributed by atoms with Crippen LogP contribution in [-0.2, 0) is 4.74 Å². The summed E-state index contributed by atoms with van der Waals surface area (Å²) in [7, 11) is 1.75. The van der Waals surface area contributed by atoms with Crippen LogP contribution in [0.5, 0.6) is 0 Å². The van der Waals surface area contributed by atoms with Crippen LogP contribution < -0.4 is 5.32 Å². The van der Waals surface area contributed by atoms with Gasteiger partial charge in [-0.15, -0.1) is 0 Å². The molecule has 5 heteroatoms. The first-order chi connectivity index (χ1) is 9.50. The van der Waals surface area contributed by atoms with Crippen molar-refractivity contribution in [2.24, 2.45) is 0 Å². The maximum absolute atomic E-state index is 5.45. The van der Waals surface area contributed by atoms with E-state index in [2.05, 4.69) is 36.3 Å². The van der Waals surface area contributed by atoms with Crippen LogP contribution in [-0.4, -0.2) is 33.7 Å². The van der Waals surface area contributed by atoms with Gasteiger partial charge in [0.05, 0.1) is 23.7 Å². The van der Waals surface area contributed by atoms with E-state index in [-0.39, 0.29) is 5.60 Å². The summed E-state index contributed by atoms with van der Waals surface area (Å²) in [6, 6.07) is 8.40. The Hall–Kier alpha value is -1.88. The molecule has 0 spiro atoms. The number of methoxy groups -OCH3 is 1. The van der Waals surface area contributed by atoms with Crippen molar-refractivity contribution in [2.75, 3.05) is 12.4 Å². The van der Waals surface area contributed by atoms with E-state index < -0.39 is 0 Å². The van der Waals surface area contributed by atoms with Gasteiger partial charge in [0.2, 0.25) is 0 Å². The summed E-state index contributed by atoms with van der Waals surface area (Å²) in [6.07, 6.45) is 4.27. The predicted octanol–water partition coefficient (Wildman–Crippen LogP) is 2.88. The highest BCUT2D eigenvalue weighted by atomic mass is 16.5. The van der Waals surface area contributed by atoms with Crippen LogP contribution in [0.3, 0.4) is 0 Å². The zero-order valence-corrected chi connectivity index (χ0v) is 12.5. The van der Waals surface area contributed by atoms with Crippen LogP contribution >= 0.6 is 0 Å². The summed E-state index contributed by atoms with van der Waals surface area (Å²) >= 11 is 0. The van der Waals surface area contributed by atoms with Gasteiger partial charge in [-0.05, 0) is 51.5 Å². The number of benzene rings is 1. The topological polar surface area (TPSA) is 52.0 Å². The molecule has 2 rings (SSSR count). The number of hydrogen-bond donors (Lipinski definition) is 1. The molecule has 2 aromatic rings. The van der Waals surface area contributed by atoms with Gasteiger partial charge in [-0.2, -0.15) is 15.0 Å². The Balaban J connectivity index is 1.97. The van der Waals surface area contributed by atoms with Gasteiger partial charge in [0.1, 0.15) is 0 Å². The van der Waals surface area contributed by atoms with Gasteiger partial charge < -0.3 is 10.1 Å². The van der Waals surface area contributed by atoms with E-state index in [0.717, 1.165) is 17.8 Å². The molecule has 1 unspecified atom stereocenters.